The maximum Gasteiger partial charge on any atom is 0.0332 e. The van der Waals surface area contributed by atoms with Crippen LogP contribution in [0.25, 0.3) is 0 Å². The van der Waals surface area contributed by atoms with Gasteiger partial charge in [0.15, 0.2) is 0 Å². The van der Waals surface area contributed by atoms with Gasteiger partial charge >= 0.3 is 0 Å². The maximum atomic E-state index is 6.23. The van der Waals surface area contributed by atoms with E-state index < -0.39 is 0 Å². The average molecular weight is 285 g/mol. The van der Waals surface area contributed by atoms with Crippen molar-refractivity contribution in [3.63, 3.8) is 0 Å². The highest BCUT2D eigenvalue weighted by Gasteiger charge is 2.40. The minimum absolute atomic E-state index is 0.326. The van der Waals surface area contributed by atoms with Crippen LogP contribution >= 0.6 is 11.8 Å². The van der Waals surface area contributed by atoms with Crippen molar-refractivity contribution in [3.05, 3.63) is 0 Å². The summed E-state index contributed by atoms with van der Waals surface area (Å²) in [5.74, 6) is 2.23. The SMILES string of the molecule is CCC1CCC(CN)(N2CCSC(C)(C)CC2)CC1. The first-order chi connectivity index (χ1) is 9.01. The van der Waals surface area contributed by atoms with E-state index in [4.69, 9.17) is 5.73 Å². The first-order valence-corrected chi connectivity index (χ1v) is 9.09. The highest BCUT2D eigenvalue weighted by molar-refractivity contribution is 8.00. The molecule has 112 valence electrons. The van der Waals surface area contributed by atoms with Crippen LogP contribution in [0, 0.1) is 5.92 Å². The number of thioether (sulfide) groups is 1. The molecule has 2 rings (SSSR count). The minimum atomic E-state index is 0.326. The zero-order valence-corrected chi connectivity index (χ0v) is 13.9. The smallest absolute Gasteiger partial charge is 0.0332 e. The first-order valence-electron chi connectivity index (χ1n) is 8.10. The molecule has 2 nitrogen and oxygen atoms in total. The summed E-state index contributed by atoms with van der Waals surface area (Å²) in [6.07, 6.45) is 8.09. The van der Waals surface area contributed by atoms with Crippen LogP contribution in [0.4, 0.5) is 0 Å². The van der Waals surface area contributed by atoms with Crippen LogP contribution in [0.15, 0.2) is 0 Å². The van der Waals surface area contributed by atoms with E-state index in [-0.39, 0.29) is 0 Å². The lowest BCUT2D eigenvalue weighted by Crippen LogP contribution is -2.56. The van der Waals surface area contributed by atoms with Gasteiger partial charge in [-0.2, -0.15) is 11.8 Å². The molecule has 2 aliphatic rings. The molecule has 0 atom stereocenters. The molecule has 0 unspecified atom stereocenters. The summed E-state index contributed by atoms with van der Waals surface area (Å²) < 4.78 is 0.450. The van der Waals surface area contributed by atoms with Crippen LogP contribution in [0.2, 0.25) is 0 Å². The van der Waals surface area contributed by atoms with E-state index in [1.54, 1.807) is 0 Å². The summed E-state index contributed by atoms with van der Waals surface area (Å²) >= 11 is 2.14. The summed E-state index contributed by atoms with van der Waals surface area (Å²) in [5.41, 5.74) is 6.55. The topological polar surface area (TPSA) is 29.3 Å². The molecule has 1 aliphatic heterocycles. The number of hydrogen-bond donors (Lipinski definition) is 1. The van der Waals surface area contributed by atoms with Crippen LogP contribution in [0.3, 0.4) is 0 Å². The summed E-state index contributed by atoms with van der Waals surface area (Å²) in [6.45, 7) is 10.5. The van der Waals surface area contributed by atoms with Gasteiger partial charge in [-0.25, -0.2) is 0 Å². The molecule has 0 bridgehead atoms. The van der Waals surface area contributed by atoms with E-state index >= 15 is 0 Å². The molecular formula is C16H32N2S. The Morgan fingerprint density at radius 1 is 1.16 bits per heavy atom. The fourth-order valence-electron chi connectivity index (χ4n) is 3.77. The normalized spacial score (nSPS) is 36.9. The quantitative estimate of drug-likeness (QED) is 0.860. The maximum absolute atomic E-state index is 6.23. The Morgan fingerprint density at radius 2 is 1.84 bits per heavy atom. The summed E-state index contributed by atoms with van der Waals surface area (Å²) in [5, 5.41) is 0. The monoisotopic (exact) mass is 284 g/mol. The van der Waals surface area contributed by atoms with Crippen molar-refractivity contribution in [3.8, 4) is 0 Å². The molecule has 2 N–H and O–H groups in total. The van der Waals surface area contributed by atoms with Crippen molar-refractivity contribution in [2.45, 2.75) is 69.6 Å². The molecule has 0 aromatic heterocycles. The first kappa shape index (κ1) is 15.7. The average Bonchev–Trinajstić information content (AvgIpc) is 2.60. The van der Waals surface area contributed by atoms with Crippen molar-refractivity contribution >= 4 is 11.8 Å². The third kappa shape index (κ3) is 3.68. The van der Waals surface area contributed by atoms with Crippen LogP contribution < -0.4 is 5.73 Å². The number of nitrogens with two attached hydrogens (primary N) is 1. The van der Waals surface area contributed by atoms with E-state index in [0.29, 0.717) is 10.3 Å². The second kappa shape index (κ2) is 6.36. The van der Waals surface area contributed by atoms with Gasteiger partial charge in [-0.3, -0.25) is 4.90 Å². The molecule has 3 heteroatoms. The third-order valence-corrected chi connectivity index (χ3v) is 6.87. The second-order valence-electron chi connectivity index (χ2n) is 7.13. The highest BCUT2D eigenvalue weighted by Crippen LogP contribution is 2.40. The van der Waals surface area contributed by atoms with Gasteiger partial charge < -0.3 is 5.73 Å². The van der Waals surface area contributed by atoms with Crippen LogP contribution in [0.5, 0.6) is 0 Å². The highest BCUT2D eigenvalue weighted by atomic mass is 32.2. The molecule has 0 aromatic carbocycles. The van der Waals surface area contributed by atoms with Gasteiger partial charge in [-0.1, -0.05) is 27.2 Å². The molecule has 1 saturated heterocycles. The fraction of sp³-hybridized carbons (Fsp3) is 1.00. The summed E-state index contributed by atoms with van der Waals surface area (Å²) in [4.78, 5) is 2.75. The number of nitrogens with zero attached hydrogens (tertiary/aromatic N) is 1. The Hall–Kier alpha value is 0.270. The van der Waals surface area contributed by atoms with E-state index in [1.165, 1.54) is 57.4 Å². The van der Waals surface area contributed by atoms with Crippen molar-refractivity contribution in [1.82, 2.24) is 4.90 Å². The molecule has 0 amide bonds. The Morgan fingerprint density at radius 3 is 2.42 bits per heavy atom. The van der Waals surface area contributed by atoms with E-state index in [9.17, 15) is 0 Å². The standard InChI is InChI=1S/C16H32N2S/c1-4-14-5-7-16(13-17,8-6-14)18-10-9-15(2,3)19-12-11-18/h14H,4-13,17H2,1-3H3. The molecule has 19 heavy (non-hydrogen) atoms. The van der Waals surface area contributed by atoms with Crippen molar-refractivity contribution < 1.29 is 0 Å². The fourth-order valence-corrected chi connectivity index (χ4v) is 4.87. The molecule has 0 radical (unpaired) electrons. The van der Waals surface area contributed by atoms with Crippen LogP contribution in [-0.2, 0) is 0 Å². The molecule has 1 aliphatic carbocycles. The predicted molar refractivity (Wildman–Crippen MR) is 86.8 cm³/mol. The van der Waals surface area contributed by atoms with Crippen molar-refractivity contribution in [2.24, 2.45) is 11.7 Å². The Kier molecular flexibility index (Phi) is 5.24. The Balaban J connectivity index is 2.01. The number of rotatable bonds is 3. The van der Waals surface area contributed by atoms with Crippen molar-refractivity contribution in [2.75, 3.05) is 25.4 Å². The van der Waals surface area contributed by atoms with Gasteiger partial charge in [-0.15, -0.1) is 0 Å². The van der Waals surface area contributed by atoms with E-state index in [2.05, 4.69) is 37.4 Å². The molecule has 0 spiro atoms. The molecular weight excluding hydrogens is 252 g/mol. The van der Waals surface area contributed by atoms with Gasteiger partial charge in [0.1, 0.15) is 0 Å². The lowest BCUT2D eigenvalue weighted by atomic mass is 9.74. The Bertz CT molecular complexity index is 282. The van der Waals surface area contributed by atoms with Crippen molar-refractivity contribution in [1.29, 1.82) is 0 Å². The molecule has 0 aromatic rings. The Labute approximate surface area is 123 Å². The van der Waals surface area contributed by atoms with Gasteiger partial charge in [0.25, 0.3) is 0 Å². The zero-order chi connectivity index (χ0) is 13.9. The lowest BCUT2D eigenvalue weighted by molar-refractivity contribution is 0.0459. The summed E-state index contributed by atoms with van der Waals surface area (Å²) in [6, 6.07) is 0. The van der Waals surface area contributed by atoms with Crippen LogP contribution in [0.1, 0.15) is 59.3 Å². The predicted octanol–water partition coefficient (Wildman–Crippen LogP) is 3.50. The van der Waals surface area contributed by atoms with Gasteiger partial charge in [-0.05, 0) is 38.0 Å². The summed E-state index contributed by atoms with van der Waals surface area (Å²) in [7, 11) is 0. The van der Waals surface area contributed by atoms with Gasteiger partial charge in [0.2, 0.25) is 0 Å². The number of hydrogen-bond acceptors (Lipinski definition) is 3. The largest absolute Gasteiger partial charge is 0.329 e. The molecule has 2 fully saturated rings. The minimum Gasteiger partial charge on any atom is -0.329 e. The lowest BCUT2D eigenvalue weighted by Gasteiger charge is -2.47. The van der Waals surface area contributed by atoms with Crippen LogP contribution in [-0.4, -0.2) is 40.6 Å². The molecule has 1 heterocycles. The second-order valence-corrected chi connectivity index (χ2v) is 8.93. The van der Waals surface area contributed by atoms with E-state index in [1.807, 2.05) is 0 Å². The van der Waals surface area contributed by atoms with E-state index in [0.717, 1.165) is 12.5 Å². The zero-order valence-electron chi connectivity index (χ0n) is 13.1. The molecule has 1 saturated carbocycles. The third-order valence-electron chi connectivity index (χ3n) is 5.50. The van der Waals surface area contributed by atoms with Gasteiger partial charge in [0, 0.05) is 35.7 Å². The van der Waals surface area contributed by atoms with Gasteiger partial charge in [0.05, 0.1) is 0 Å².